The zero-order chi connectivity index (χ0) is 14.5. The molecule has 6 nitrogen and oxygen atoms in total. The van der Waals surface area contributed by atoms with Crippen molar-refractivity contribution in [3.8, 4) is 0 Å². The fourth-order valence-electron chi connectivity index (χ4n) is 1.95. The third-order valence-electron chi connectivity index (χ3n) is 2.78. The Bertz CT molecular complexity index is 610. The van der Waals surface area contributed by atoms with Crippen LogP contribution in [0.25, 0.3) is 0 Å². The minimum Gasteiger partial charge on any atom is -0.409 e. The van der Waals surface area contributed by atoms with E-state index < -0.39 is 0 Å². The summed E-state index contributed by atoms with van der Waals surface area (Å²) in [4.78, 5) is 10.7. The van der Waals surface area contributed by atoms with E-state index in [9.17, 15) is 0 Å². The first-order valence-corrected chi connectivity index (χ1v) is 6.99. The molecule has 3 N–H and O–H groups in total. The van der Waals surface area contributed by atoms with E-state index in [0.29, 0.717) is 12.2 Å². The maximum absolute atomic E-state index is 8.79. The van der Waals surface area contributed by atoms with E-state index in [-0.39, 0.29) is 5.84 Å². The molecule has 2 rings (SSSR count). The summed E-state index contributed by atoms with van der Waals surface area (Å²) >= 11 is 1.64. The van der Waals surface area contributed by atoms with Gasteiger partial charge in [0.2, 0.25) is 0 Å². The second kappa shape index (κ2) is 6.44. The summed E-state index contributed by atoms with van der Waals surface area (Å²) in [6, 6.07) is 3.76. The Hall–Kier alpha value is -1.99. The Morgan fingerprint density at radius 2 is 2.30 bits per heavy atom. The molecule has 0 aliphatic rings. The molecule has 0 amide bonds. The first-order valence-electron chi connectivity index (χ1n) is 6.11. The van der Waals surface area contributed by atoms with E-state index in [1.807, 2.05) is 26.1 Å². The molecule has 0 saturated heterocycles. The predicted molar refractivity (Wildman–Crippen MR) is 78.8 cm³/mol. The second-order valence-electron chi connectivity index (χ2n) is 4.53. The molecule has 0 atom stereocenters. The van der Waals surface area contributed by atoms with E-state index in [2.05, 4.69) is 25.4 Å². The van der Waals surface area contributed by atoms with Gasteiger partial charge in [0.1, 0.15) is 5.69 Å². The summed E-state index contributed by atoms with van der Waals surface area (Å²) in [6.45, 7) is 3.39. The molecule has 2 aromatic heterocycles. The summed E-state index contributed by atoms with van der Waals surface area (Å²) in [5.74, 6) is 0.0264. The van der Waals surface area contributed by atoms with E-state index in [0.717, 1.165) is 22.8 Å². The molecule has 106 valence electrons. The number of oxime groups is 1. The number of pyridine rings is 1. The van der Waals surface area contributed by atoms with Crippen LogP contribution in [-0.2, 0) is 13.1 Å². The lowest BCUT2D eigenvalue weighted by Gasteiger charge is -2.16. The van der Waals surface area contributed by atoms with Gasteiger partial charge in [0.25, 0.3) is 0 Å². The van der Waals surface area contributed by atoms with Crippen molar-refractivity contribution < 1.29 is 5.21 Å². The number of nitrogens with two attached hydrogens (primary N) is 1. The van der Waals surface area contributed by atoms with Crippen molar-refractivity contribution in [3.05, 3.63) is 45.7 Å². The highest BCUT2D eigenvalue weighted by Crippen LogP contribution is 2.13. The molecular formula is C13H17N5OS. The van der Waals surface area contributed by atoms with Crippen molar-refractivity contribution >= 4 is 17.2 Å². The highest BCUT2D eigenvalue weighted by molar-refractivity contribution is 7.09. The quantitative estimate of drug-likeness (QED) is 0.378. The van der Waals surface area contributed by atoms with Crippen molar-refractivity contribution in [1.29, 1.82) is 0 Å². The molecule has 0 aromatic carbocycles. The Morgan fingerprint density at radius 1 is 1.50 bits per heavy atom. The average molecular weight is 291 g/mol. The third-order valence-corrected chi connectivity index (χ3v) is 3.60. The molecule has 2 heterocycles. The Morgan fingerprint density at radius 3 is 2.95 bits per heavy atom. The number of aromatic nitrogens is 2. The van der Waals surface area contributed by atoms with Gasteiger partial charge in [-0.1, -0.05) is 11.2 Å². The number of nitrogens with zero attached hydrogens (tertiary/aromatic N) is 4. The smallest absolute Gasteiger partial charge is 0.189 e. The summed E-state index contributed by atoms with van der Waals surface area (Å²) in [7, 11) is 2.00. The van der Waals surface area contributed by atoms with Gasteiger partial charge in [0.15, 0.2) is 5.84 Å². The first kappa shape index (κ1) is 14.4. The van der Waals surface area contributed by atoms with Crippen LogP contribution in [0.4, 0.5) is 0 Å². The predicted octanol–water partition coefficient (Wildman–Crippen LogP) is 1.57. The van der Waals surface area contributed by atoms with Gasteiger partial charge in [0, 0.05) is 24.7 Å². The summed E-state index contributed by atoms with van der Waals surface area (Å²) in [5.41, 5.74) is 8.11. The van der Waals surface area contributed by atoms with Gasteiger partial charge in [-0.25, -0.2) is 4.98 Å². The Labute approximate surface area is 121 Å². The topological polar surface area (TPSA) is 87.6 Å². The maximum atomic E-state index is 8.79. The third kappa shape index (κ3) is 3.52. The van der Waals surface area contributed by atoms with Crippen molar-refractivity contribution in [3.63, 3.8) is 0 Å². The molecule has 0 radical (unpaired) electrons. The fraction of sp³-hybridized carbons (Fsp3) is 0.308. The van der Waals surface area contributed by atoms with Gasteiger partial charge < -0.3 is 10.9 Å². The maximum Gasteiger partial charge on any atom is 0.189 e. The van der Waals surface area contributed by atoms with Crippen LogP contribution in [0.3, 0.4) is 0 Å². The lowest BCUT2D eigenvalue weighted by atomic mass is 10.1. The Balaban J connectivity index is 2.09. The molecule has 0 aliphatic heterocycles. The molecular weight excluding hydrogens is 274 g/mol. The lowest BCUT2D eigenvalue weighted by molar-refractivity contribution is 0.312. The van der Waals surface area contributed by atoms with Crippen LogP contribution in [0.5, 0.6) is 0 Å². The van der Waals surface area contributed by atoms with Crippen LogP contribution in [0.1, 0.15) is 22.0 Å². The van der Waals surface area contributed by atoms with Crippen LogP contribution >= 0.6 is 11.3 Å². The van der Waals surface area contributed by atoms with Crippen LogP contribution in [0.15, 0.2) is 28.9 Å². The highest BCUT2D eigenvalue weighted by Gasteiger charge is 2.11. The van der Waals surface area contributed by atoms with Crippen LogP contribution in [-0.4, -0.2) is 33.0 Å². The van der Waals surface area contributed by atoms with E-state index >= 15 is 0 Å². The highest BCUT2D eigenvalue weighted by atomic mass is 32.1. The normalized spacial score (nSPS) is 12.1. The summed E-state index contributed by atoms with van der Waals surface area (Å²) < 4.78 is 0. The minimum atomic E-state index is 0.0264. The average Bonchev–Trinajstić information content (AvgIpc) is 2.83. The number of rotatable bonds is 5. The molecule has 20 heavy (non-hydrogen) atoms. The van der Waals surface area contributed by atoms with Gasteiger partial charge in [-0.05, 0) is 25.6 Å². The number of thiazole rings is 1. The van der Waals surface area contributed by atoms with Gasteiger partial charge in [-0.3, -0.25) is 9.88 Å². The summed E-state index contributed by atoms with van der Waals surface area (Å²) in [6.07, 6.45) is 1.63. The molecule has 0 bridgehead atoms. The lowest BCUT2D eigenvalue weighted by Crippen LogP contribution is -2.23. The number of hydrogen-bond donors (Lipinski definition) is 2. The molecule has 7 heteroatoms. The van der Waals surface area contributed by atoms with Crippen LogP contribution < -0.4 is 5.73 Å². The monoisotopic (exact) mass is 291 g/mol. The van der Waals surface area contributed by atoms with Crippen molar-refractivity contribution in [2.45, 2.75) is 20.0 Å². The largest absolute Gasteiger partial charge is 0.409 e. The molecule has 0 unspecified atom stereocenters. The first-order chi connectivity index (χ1) is 9.60. The van der Waals surface area contributed by atoms with Crippen LogP contribution in [0.2, 0.25) is 0 Å². The minimum absolute atomic E-state index is 0.0264. The van der Waals surface area contributed by atoms with E-state index in [4.69, 9.17) is 10.9 Å². The van der Waals surface area contributed by atoms with Crippen LogP contribution in [0, 0.1) is 6.92 Å². The number of amidine groups is 1. The van der Waals surface area contributed by atoms with Gasteiger partial charge in [0.05, 0.1) is 10.7 Å². The summed E-state index contributed by atoms with van der Waals surface area (Å²) in [5, 5.41) is 14.9. The molecule has 0 saturated carbocycles. The van der Waals surface area contributed by atoms with Crippen molar-refractivity contribution in [2.24, 2.45) is 10.9 Å². The molecule has 0 aliphatic carbocycles. The fourth-order valence-corrected chi connectivity index (χ4v) is 2.55. The Kier molecular flexibility index (Phi) is 4.65. The molecule has 2 aromatic rings. The second-order valence-corrected chi connectivity index (χ2v) is 5.59. The van der Waals surface area contributed by atoms with Gasteiger partial charge in [-0.2, -0.15) is 0 Å². The van der Waals surface area contributed by atoms with E-state index in [1.165, 1.54) is 0 Å². The SMILES string of the molecule is Cc1nc(CN(C)Cc2cccnc2C(N)=NO)cs1. The van der Waals surface area contributed by atoms with Gasteiger partial charge >= 0.3 is 0 Å². The number of hydrogen-bond acceptors (Lipinski definition) is 6. The van der Waals surface area contributed by atoms with Gasteiger partial charge in [-0.15, -0.1) is 11.3 Å². The standard InChI is InChI=1S/C13H17N5OS/c1-9-16-11(8-20-9)7-18(2)6-10-4-3-5-15-12(10)13(14)17-19/h3-5,8,19H,6-7H2,1-2H3,(H2,14,17). The molecule has 0 fully saturated rings. The molecule has 0 spiro atoms. The zero-order valence-electron chi connectivity index (χ0n) is 11.4. The van der Waals surface area contributed by atoms with Crippen molar-refractivity contribution in [1.82, 2.24) is 14.9 Å². The number of aryl methyl sites for hydroxylation is 1. The zero-order valence-corrected chi connectivity index (χ0v) is 12.3. The van der Waals surface area contributed by atoms with Crippen molar-refractivity contribution in [2.75, 3.05) is 7.05 Å². The van der Waals surface area contributed by atoms with E-state index in [1.54, 1.807) is 17.5 Å².